The lowest BCUT2D eigenvalue weighted by molar-refractivity contribution is -0.123. The second-order valence-electron chi connectivity index (χ2n) is 7.92. The Labute approximate surface area is 241 Å². The van der Waals surface area contributed by atoms with E-state index in [2.05, 4.69) is 64.2 Å². The zero-order valence-corrected chi connectivity index (χ0v) is 24.8. The van der Waals surface area contributed by atoms with Gasteiger partial charge in [0.15, 0.2) is 11.5 Å². The number of amides is 2. The quantitative estimate of drug-likeness (QED) is 0.177. The number of nitrogens with zero attached hydrogens (tertiary/aromatic N) is 1. The largest absolute Gasteiger partial charge is 0.493 e. The summed E-state index contributed by atoms with van der Waals surface area (Å²) in [6.45, 7) is 2.86. The lowest BCUT2D eigenvalue weighted by Gasteiger charge is -2.14. The number of ether oxygens (including phenoxy) is 3. The first-order valence-corrected chi connectivity index (χ1v) is 14.0. The van der Waals surface area contributed by atoms with Crippen LogP contribution in [0.1, 0.15) is 16.7 Å². The Morgan fingerprint density at radius 2 is 1.67 bits per heavy atom. The van der Waals surface area contributed by atoms with E-state index in [4.69, 9.17) is 14.2 Å². The SMILES string of the molecule is COc1ccccc1OCCN1C(=O)S/C(=C\c2cc(I)c(OCc3cccc(C)c3)c(I)c2)C1=O. The fraction of sp³-hybridized carbons (Fsp3) is 0.185. The molecule has 9 heteroatoms. The lowest BCUT2D eigenvalue weighted by Crippen LogP contribution is -2.32. The molecule has 2 amide bonds. The second kappa shape index (κ2) is 12.3. The first kappa shape index (κ1) is 26.8. The number of thioether (sulfide) groups is 1. The average Bonchev–Trinajstić information content (AvgIpc) is 3.11. The summed E-state index contributed by atoms with van der Waals surface area (Å²) in [5.74, 6) is 1.65. The van der Waals surface area contributed by atoms with Crippen molar-refractivity contribution in [2.75, 3.05) is 20.3 Å². The van der Waals surface area contributed by atoms with Crippen LogP contribution < -0.4 is 14.2 Å². The van der Waals surface area contributed by atoms with Crippen molar-refractivity contribution in [1.82, 2.24) is 4.90 Å². The molecule has 1 aliphatic rings. The lowest BCUT2D eigenvalue weighted by atomic mass is 10.1. The van der Waals surface area contributed by atoms with Gasteiger partial charge < -0.3 is 14.2 Å². The van der Waals surface area contributed by atoms with Gasteiger partial charge in [-0.1, -0.05) is 42.0 Å². The number of rotatable bonds is 9. The van der Waals surface area contributed by atoms with Gasteiger partial charge in [-0.25, -0.2) is 0 Å². The van der Waals surface area contributed by atoms with E-state index in [9.17, 15) is 9.59 Å². The highest BCUT2D eigenvalue weighted by atomic mass is 127. The maximum absolute atomic E-state index is 12.9. The molecule has 0 bridgehead atoms. The number of methoxy groups -OCH3 is 1. The van der Waals surface area contributed by atoms with Crippen LogP contribution in [-0.2, 0) is 11.4 Å². The van der Waals surface area contributed by atoms with Crippen molar-refractivity contribution < 1.29 is 23.8 Å². The van der Waals surface area contributed by atoms with E-state index < -0.39 is 0 Å². The molecule has 4 rings (SSSR count). The summed E-state index contributed by atoms with van der Waals surface area (Å²) in [4.78, 5) is 27.0. The van der Waals surface area contributed by atoms with Gasteiger partial charge in [0.05, 0.1) is 25.7 Å². The third kappa shape index (κ3) is 6.54. The number of hydrogen-bond donors (Lipinski definition) is 0. The molecular weight excluding hydrogens is 704 g/mol. The number of carbonyl (C=O) groups excluding carboxylic acids is 2. The van der Waals surface area contributed by atoms with Gasteiger partial charge in [0, 0.05) is 0 Å². The molecule has 1 aliphatic heterocycles. The maximum Gasteiger partial charge on any atom is 0.293 e. The van der Waals surface area contributed by atoms with E-state index in [1.807, 2.05) is 36.4 Å². The Hall–Kier alpha value is -2.25. The average molecular weight is 727 g/mol. The highest BCUT2D eigenvalue weighted by molar-refractivity contribution is 14.1. The van der Waals surface area contributed by atoms with Crippen LogP contribution in [0.25, 0.3) is 6.08 Å². The van der Waals surface area contributed by atoms with E-state index in [0.29, 0.717) is 23.0 Å². The summed E-state index contributed by atoms with van der Waals surface area (Å²) >= 11 is 5.41. The number of para-hydroxylation sites is 2. The van der Waals surface area contributed by atoms with Crippen LogP contribution in [0.2, 0.25) is 0 Å². The fourth-order valence-electron chi connectivity index (χ4n) is 3.59. The molecule has 1 heterocycles. The number of imide groups is 1. The van der Waals surface area contributed by atoms with Crippen LogP contribution in [0.5, 0.6) is 17.2 Å². The minimum Gasteiger partial charge on any atom is -0.493 e. The molecule has 36 heavy (non-hydrogen) atoms. The van der Waals surface area contributed by atoms with Crippen molar-refractivity contribution in [2.24, 2.45) is 0 Å². The van der Waals surface area contributed by atoms with E-state index >= 15 is 0 Å². The van der Waals surface area contributed by atoms with Gasteiger partial charge in [0.25, 0.3) is 11.1 Å². The van der Waals surface area contributed by atoms with Crippen LogP contribution in [-0.4, -0.2) is 36.3 Å². The number of halogens is 2. The molecule has 0 saturated carbocycles. The van der Waals surface area contributed by atoms with Crippen LogP contribution >= 0.6 is 56.9 Å². The standard InChI is InChI=1S/C27H23I2NO5S/c1-17-6-5-7-18(12-17)16-35-25-20(28)13-19(14-21(25)29)15-24-26(31)30(27(32)36-24)10-11-34-23-9-4-3-8-22(23)33-2/h3-9,12-15H,10-11,16H2,1-2H3/b24-15-. The number of aryl methyl sites for hydroxylation is 1. The van der Waals surface area contributed by atoms with Crippen LogP contribution in [0.3, 0.4) is 0 Å². The molecule has 186 valence electrons. The van der Waals surface area contributed by atoms with Gasteiger partial charge in [0.2, 0.25) is 0 Å². The number of hydrogen-bond acceptors (Lipinski definition) is 6. The fourth-order valence-corrected chi connectivity index (χ4v) is 6.58. The summed E-state index contributed by atoms with van der Waals surface area (Å²) in [5, 5.41) is -0.308. The molecule has 0 spiro atoms. The predicted octanol–water partition coefficient (Wildman–Crippen LogP) is 6.91. The molecule has 1 saturated heterocycles. The minimum atomic E-state index is -0.321. The van der Waals surface area contributed by atoms with Gasteiger partial charge in [-0.2, -0.15) is 0 Å². The van der Waals surface area contributed by atoms with E-state index in [1.165, 1.54) is 10.5 Å². The van der Waals surface area contributed by atoms with E-state index in [0.717, 1.165) is 35.8 Å². The van der Waals surface area contributed by atoms with Gasteiger partial charge >= 0.3 is 0 Å². The predicted molar refractivity (Wildman–Crippen MR) is 159 cm³/mol. The molecule has 0 unspecified atom stereocenters. The monoisotopic (exact) mass is 727 g/mol. The topological polar surface area (TPSA) is 65.1 Å². The molecule has 3 aromatic carbocycles. The summed E-state index contributed by atoms with van der Waals surface area (Å²) < 4.78 is 19.0. The summed E-state index contributed by atoms with van der Waals surface area (Å²) in [6.07, 6.45) is 1.75. The molecule has 6 nitrogen and oxygen atoms in total. The van der Waals surface area contributed by atoms with Gasteiger partial charge in [-0.05, 0) is 105 Å². The van der Waals surface area contributed by atoms with Gasteiger partial charge in [-0.3, -0.25) is 14.5 Å². The van der Waals surface area contributed by atoms with E-state index in [-0.39, 0.29) is 24.3 Å². The Kier molecular flexibility index (Phi) is 9.18. The van der Waals surface area contributed by atoms with Crippen LogP contribution in [0.15, 0.2) is 65.6 Å². The Balaban J connectivity index is 1.41. The molecule has 0 N–H and O–H groups in total. The van der Waals surface area contributed by atoms with Crippen molar-refractivity contribution >= 4 is 74.2 Å². The van der Waals surface area contributed by atoms with E-state index in [1.54, 1.807) is 25.3 Å². The Morgan fingerprint density at radius 1 is 0.944 bits per heavy atom. The highest BCUT2D eigenvalue weighted by Crippen LogP contribution is 2.35. The smallest absolute Gasteiger partial charge is 0.293 e. The Bertz CT molecular complexity index is 1300. The minimum absolute atomic E-state index is 0.154. The number of carbonyl (C=O) groups is 2. The number of benzene rings is 3. The second-order valence-corrected chi connectivity index (χ2v) is 11.2. The normalized spacial score (nSPS) is 14.4. The molecular formula is C27H23I2NO5S. The van der Waals surface area contributed by atoms with Gasteiger partial charge in [-0.15, -0.1) is 0 Å². The molecule has 0 radical (unpaired) electrons. The summed E-state index contributed by atoms with van der Waals surface area (Å²) in [6, 6.07) is 19.4. The highest BCUT2D eigenvalue weighted by Gasteiger charge is 2.35. The Morgan fingerprint density at radius 3 is 2.36 bits per heavy atom. The third-order valence-electron chi connectivity index (χ3n) is 5.30. The van der Waals surface area contributed by atoms with Crippen molar-refractivity contribution in [1.29, 1.82) is 0 Å². The van der Waals surface area contributed by atoms with Crippen LogP contribution in [0.4, 0.5) is 4.79 Å². The molecule has 1 fully saturated rings. The van der Waals surface area contributed by atoms with Gasteiger partial charge in [0.1, 0.15) is 19.0 Å². The summed E-state index contributed by atoms with van der Waals surface area (Å²) in [5.41, 5.74) is 3.13. The van der Waals surface area contributed by atoms with Crippen LogP contribution in [0, 0.1) is 14.1 Å². The summed E-state index contributed by atoms with van der Waals surface area (Å²) in [7, 11) is 1.56. The molecule has 0 atom stereocenters. The van der Waals surface area contributed by atoms with Crippen molar-refractivity contribution in [3.05, 3.63) is 89.4 Å². The van der Waals surface area contributed by atoms with Crippen molar-refractivity contribution in [2.45, 2.75) is 13.5 Å². The van der Waals surface area contributed by atoms with Crippen molar-refractivity contribution in [3.63, 3.8) is 0 Å². The zero-order valence-electron chi connectivity index (χ0n) is 19.6. The molecule has 0 aromatic heterocycles. The third-order valence-corrected chi connectivity index (χ3v) is 7.81. The zero-order chi connectivity index (χ0) is 25.7. The first-order chi connectivity index (χ1) is 17.4. The first-order valence-electron chi connectivity index (χ1n) is 11.0. The van der Waals surface area contributed by atoms with Crippen molar-refractivity contribution in [3.8, 4) is 17.2 Å². The maximum atomic E-state index is 12.9. The molecule has 0 aliphatic carbocycles. The molecule has 3 aromatic rings.